The molecular formula is C17H18ClNO2. The van der Waals surface area contributed by atoms with Gasteiger partial charge in [-0.15, -0.1) is 0 Å². The standard InChI is InChI=1S/C17H18ClNO2/c1-2-21-16-9-8-14(12-15(16)18)17(20)19-11-10-13-6-4-3-5-7-13/h3-9,12H,2,10-11H2,1H3,(H,19,20). The van der Waals surface area contributed by atoms with Crippen LogP contribution in [-0.4, -0.2) is 19.1 Å². The van der Waals surface area contributed by atoms with Crippen molar-refractivity contribution < 1.29 is 9.53 Å². The third-order valence-corrected chi connectivity index (χ3v) is 3.33. The number of carbonyl (C=O) groups is 1. The van der Waals surface area contributed by atoms with E-state index < -0.39 is 0 Å². The SMILES string of the molecule is CCOc1ccc(C(=O)NCCc2ccccc2)cc1Cl. The second-order valence-electron chi connectivity index (χ2n) is 4.57. The van der Waals surface area contributed by atoms with E-state index in [0.717, 1.165) is 6.42 Å². The molecule has 0 unspecified atom stereocenters. The molecule has 2 rings (SSSR count). The zero-order valence-electron chi connectivity index (χ0n) is 11.9. The Kier molecular flexibility index (Phi) is 5.64. The average Bonchev–Trinajstić information content (AvgIpc) is 2.50. The van der Waals surface area contributed by atoms with Gasteiger partial charge in [0.25, 0.3) is 5.91 Å². The fourth-order valence-corrected chi connectivity index (χ4v) is 2.22. The van der Waals surface area contributed by atoms with Gasteiger partial charge in [0.05, 0.1) is 11.6 Å². The molecule has 2 aromatic rings. The van der Waals surface area contributed by atoms with Crippen LogP contribution in [0.3, 0.4) is 0 Å². The predicted octanol–water partition coefficient (Wildman–Crippen LogP) is 3.71. The molecule has 0 spiro atoms. The molecule has 0 aliphatic rings. The molecule has 4 heteroatoms. The number of halogens is 1. The molecule has 0 atom stereocenters. The van der Waals surface area contributed by atoms with E-state index in [2.05, 4.69) is 5.32 Å². The van der Waals surface area contributed by atoms with Crippen LogP contribution in [0.1, 0.15) is 22.8 Å². The van der Waals surface area contributed by atoms with E-state index in [9.17, 15) is 4.79 Å². The van der Waals surface area contributed by atoms with Gasteiger partial charge in [-0.25, -0.2) is 0 Å². The summed E-state index contributed by atoms with van der Waals surface area (Å²) in [6.07, 6.45) is 0.803. The molecule has 0 fully saturated rings. The van der Waals surface area contributed by atoms with Gasteiger partial charge in [0.1, 0.15) is 5.75 Å². The van der Waals surface area contributed by atoms with Gasteiger partial charge in [-0.05, 0) is 37.1 Å². The Labute approximate surface area is 129 Å². The van der Waals surface area contributed by atoms with Gasteiger partial charge in [0.15, 0.2) is 0 Å². The minimum Gasteiger partial charge on any atom is -0.492 e. The Balaban J connectivity index is 1.90. The lowest BCUT2D eigenvalue weighted by Crippen LogP contribution is -2.25. The number of amides is 1. The van der Waals surface area contributed by atoms with Crippen molar-refractivity contribution in [1.29, 1.82) is 0 Å². The Morgan fingerprint density at radius 3 is 2.62 bits per heavy atom. The van der Waals surface area contributed by atoms with E-state index in [0.29, 0.717) is 29.5 Å². The Hall–Kier alpha value is -2.00. The summed E-state index contributed by atoms with van der Waals surface area (Å²) in [4.78, 5) is 12.0. The molecule has 0 heterocycles. The van der Waals surface area contributed by atoms with Gasteiger partial charge >= 0.3 is 0 Å². The highest BCUT2D eigenvalue weighted by molar-refractivity contribution is 6.32. The maximum absolute atomic E-state index is 12.0. The summed E-state index contributed by atoms with van der Waals surface area (Å²) in [5.74, 6) is 0.468. The molecule has 3 nitrogen and oxygen atoms in total. The largest absolute Gasteiger partial charge is 0.492 e. The first-order valence-corrected chi connectivity index (χ1v) is 7.33. The molecule has 0 aliphatic heterocycles. The third-order valence-electron chi connectivity index (χ3n) is 3.04. The quantitative estimate of drug-likeness (QED) is 0.883. The molecule has 0 aromatic heterocycles. The number of carbonyl (C=O) groups excluding carboxylic acids is 1. The number of hydrogen-bond donors (Lipinski definition) is 1. The fourth-order valence-electron chi connectivity index (χ4n) is 1.98. The van der Waals surface area contributed by atoms with E-state index in [-0.39, 0.29) is 5.91 Å². The maximum atomic E-state index is 12.0. The average molecular weight is 304 g/mol. The van der Waals surface area contributed by atoms with Crippen molar-refractivity contribution in [3.63, 3.8) is 0 Å². The second kappa shape index (κ2) is 7.70. The van der Waals surface area contributed by atoms with Gasteiger partial charge in [-0.1, -0.05) is 41.9 Å². The van der Waals surface area contributed by atoms with Gasteiger partial charge in [0.2, 0.25) is 0 Å². The van der Waals surface area contributed by atoms with Crippen molar-refractivity contribution >= 4 is 17.5 Å². The molecule has 0 saturated heterocycles. The highest BCUT2D eigenvalue weighted by Gasteiger charge is 2.08. The number of rotatable bonds is 6. The van der Waals surface area contributed by atoms with Crippen LogP contribution >= 0.6 is 11.6 Å². The Bertz CT molecular complexity index is 599. The molecule has 0 radical (unpaired) electrons. The summed E-state index contributed by atoms with van der Waals surface area (Å²) in [5, 5.41) is 3.34. The molecule has 0 bridgehead atoms. The zero-order valence-corrected chi connectivity index (χ0v) is 12.7. The minimum absolute atomic E-state index is 0.129. The van der Waals surface area contributed by atoms with Crippen molar-refractivity contribution in [1.82, 2.24) is 5.32 Å². The molecule has 2 aromatic carbocycles. The highest BCUT2D eigenvalue weighted by atomic mass is 35.5. The number of hydrogen-bond acceptors (Lipinski definition) is 2. The van der Waals surface area contributed by atoms with Crippen molar-refractivity contribution in [3.8, 4) is 5.75 Å². The van der Waals surface area contributed by atoms with Crippen molar-refractivity contribution in [2.24, 2.45) is 0 Å². The molecule has 110 valence electrons. The monoisotopic (exact) mass is 303 g/mol. The van der Waals surface area contributed by atoms with Crippen molar-refractivity contribution in [2.45, 2.75) is 13.3 Å². The predicted molar refractivity (Wildman–Crippen MR) is 85.1 cm³/mol. The van der Waals surface area contributed by atoms with Gasteiger partial charge in [0, 0.05) is 12.1 Å². The van der Waals surface area contributed by atoms with Crippen molar-refractivity contribution in [2.75, 3.05) is 13.2 Å². The summed E-state index contributed by atoms with van der Waals surface area (Å²) in [5.41, 5.74) is 1.74. The minimum atomic E-state index is -0.129. The van der Waals surface area contributed by atoms with Crippen LogP contribution in [0.4, 0.5) is 0 Å². The summed E-state index contributed by atoms with van der Waals surface area (Å²) in [6.45, 7) is 3.02. The summed E-state index contributed by atoms with van der Waals surface area (Å²) >= 11 is 6.08. The van der Waals surface area contributed by atoms with Crippen LogP contribution < -0.4 is 10.1 Å². The Morgan fingerprint density at radius 1 is 1.19 bits per heavy atom. The van der Waals surface area contributed by atoms with E-state index in [4.69, 9.17) is 16.3 Å². The molecule has 1 amide bonds. The summed E-state index contributed by atoms with van der Waals surface area (Å²) in [6, 6.07) is 15.1. The molecule has 1 N–H and O–H groups in total. The fraction of sp³-hybridized carbons (Fsp3) is 0.235. The van der Waals surface area contributed by atoms with E-state index in [1.54, 1.807) is 18.2 Å². The second-order valence-corrected chi connectivity index (χ2v) is 4.98. The lowest BCUT2D eigenvalue weighted by atomic mass is 10.1. The first kappa shape index (κ1) is 15.4. The lowest BCUT2D eigenvalue weighted by Gasteiger charge is -2.08. The van der Waals surface area contributed by atoms with Crippen LogP contribution in [0.25, 0.3) is 0 Å². The Morgan fingerprint density at radius 2 is 1.95 bits per heavy atom. The summed E-state index contributed by atoms with van der Waals surface area (Å²) < 4.78 is 5.35. The summed E-state index contributed by atoms with van der Waals surface area (Å²) in [7, 11) is 0. The van der Waals surface area contributed by atoms with Gasteiger partial charge in [-0.3, -0.25) is 4.79 Å². The van der Waals surface area contributed by atoms with Crippen LogP contribution in [-0.2, 0) is 6.42 Å². The number of benzene rings is 2. The topological polar surface area (TPSA) is 38.3 Å². The molecule has 0 saturated carbocycles. The van der Waals surface area contributed by atoms with E-state index in [1.807, 2.05) is 37.3 Å². The normalized spacial score (nSPS) is 10.2. The van der Waals surface area contributed by atoms with Crippen LogP contribution in [0.5, 0.6) is 5.75 Å². The number of nitrogens with one attached hydrogen (secondary N) is 1. The lowest BCUT2D eigenvalue weighted by molar-refractivity contribution is 0.0954. The highest BCUT2D eigenvalue weighted by Crippen LogP contribution is 2.25. The first-order chi connectivity index (χ1) is 10.2. The van der Waals surface area contributed by atoms with Crippen molar-refractivity contribution in [3.05, 3.63) is 64.7 Å². The van der Waals surface area contributed by atoms with Crippen LogP contribution in [0, 0.1) is 0 Å². The van der Waals surface area contributed by atoms with Gasteiger partial charge in [-0.2, -0.15) is 0 Å². The first-order valence-electron chi connectivity index (χ1n) is 6.95. The third kappa shape index (κ3) is 4.50. The molecule has 21 heavy (non-hydrogen) atoms. The smallest absolute Gasteiger partial charge is 0.251 e. The van der Waals surface area contributed by atoms with Crippen LogP contribution in [0.15, 0.2) is 48.5 Å². The van der Waals surface area contributed by atoms with Crippen LogP contribution in [0.2, 0.25) is 5.02 Å². The zero-order chi connectivity index (χ0) is 15.1. The van der Waals surface area contributed by atoms with E-state index in [1.165, 1.54) is 5.56 Å². The number of ether oxygens (including phenoxy) is 1. The molecular weight excluding hydrogens is 286 g/mol. The molecule has 0 aliphatic carbocycles. The van der Waals surface area contributed by atoms with E-state index >= 15 is 0 Å². The maximum Gasteiger partial charge on any atom is 0.251 e. The van der Waals surface area contributed by atoms with Gasteiger partial charge < -0.3 is 10.1 Å².